The molecular formula is C16H18N2O2. The number of aryl methyl sites for hydroxylation is 1. The Morgan fingerprint density at radius 2 is 2.00 bits per heavy atom. The number of hydrogen-bond acceptors (Lipinski definition) is 4. The van der Waals surface area contributed by atoms with Crippen LogP contribution in [-0.2, 0) is 11.2 Å². The van der Waals surface area contributed by atoms with Crippen LogP contribution < -0.4 is 5.32 Å². The maximum Gasteiger partial charge on any atom is 0.341 e. The van der Waals surface area contributed by atoms with Gasteiger partial charge in [-0.05, 0) is 30.5 Å². The van der Waals surface area contributed by atoms with E-state index in [9.17, 15) is 4.79 Å². The van der Waals surface area contributed by atoms with Gasteiger partial charge in [0.1, 0.15) is 11.4 Å². The fraction of sp³-hybridized carbons (Fsp3) is 0.250. The quantitative estimate of drug-likeness (QED) is 0.647. The van der Waals surface area contributed by atoms with Crippen LogP contribution in [0.15, 0.2) is 48.7 Å². The second-order valence-corrected chi connectivity index (χ2v) is 4.41. The van der Waals surface area contributed by atoms with Gasteiger partial charge in [-0.3, -0.25) is 0 Å². The lowest BCUT2D eigenvalue weighted by Gasteiger charge is -2.09. The maximum atomic E-state index is 11.6. The number of rotatable bonds is 6. The molecule has 0 atom stereocenters. The molecular weight excluding hydrogens is 252 g/mol. The number of nitrogens with one attached hydrogen (secondary N) is 1. The Kier molecular flexibility index (Phi) is 5.12. The molecule has 0 fully saturated rings. The molecule has 4 heteroatoms. The zero-order valence-corrected chi connectivity index (χ0v) is 11.5. The number of carbonyl (C=O) groups excluding carboxylic acids is 1. The molecule has 2 aromatic rings. The Morgan fingerprint density at radius 1 is 1.20 bits per heavy atom. The molecule has 1 heterocycles. The van der Waals surface area contributed by atoms with Crippen molar-refractivity contribution in [3.8, 4) is 0 Å². The lowest BCUT2D eigenvalue weighted by molar-refractivity contribution is 0.0601. The largest absolute Gasteiger partial charge is 0.465 e. The monoisotopic (exact) mass is 270 g/mol. The van der Waals surface area contributed by atoms with Gasteiger partial charge in [-0.25, -0.2) is 9.78 Å². The number of carbonyl (C=O) groups is 1. The van der Waals surface area contributed by atoms with Gasteiger partial charge in [0, 0.05) is 12.7 Å². The number of esters is 1. The van der Waals surface area contributed by atoms with E-state index in [0.717, 1.165) is 19.4 Å². The molecule has 0 bridgehead atoms. The fourth-order valence-corrected chi connectivity index (χ4v) is 1.96. The number of ether oxygens (including phenoxy) is 1. The third kappa shape index (κ3) is 3.82. The highest BCUT2D eigenvalue weighted by Crippen LogP contribution is 2.12. The van der Waals surface area contributed by atoms with E-state index in [1.165, 1.54) is 12.7 Å². The zero-order chi connectivity index (χ0) is 14.2. The van der Waals surface area contributed by atoms with Gasteiger partial charge >= 0.3 is 5.97 Å². The normalized spacial score (nSPS) is 10.1. The summed E-state index contributed by atoms with van der Waals surface area (Å²) in [5, 5.41) is 3.19. The number of nitrogens with zero attached hydrogens (tertiary/aromatic N) is 1. The number of benzene rings is 1. The zero-order valence-electron chi connectivity index (χ0n) is 11.5. The fourth-order valence-electron chi connectivity index (χ4n) is 1.96. The van der Waals surface area contributed by atoms with E-state index >= 15 is 0 Å². The summed E-state index contributed by atoms with van der Waals surface area (Å²) in [6.07, 6.45) is 3.63. The van der Waals surface area contributed by atoms with Gasteiger partial charge in [0.25, 0.3) is 0 Å². The van der Waals surface area contributed by atoms with Crippen LogP contribution in [0.1, 0.15) is 22.3 Å². The Labute approximate surface area is 118 Å². The molecule has 2 rings (SSSR count). The highest BCUT2D eigenvalue weighted by Gasteiger charge is 2.11. The van der Waals surface area contributed by atoms with Crippen LogP contribution in [0.3, 0.4) is 0 Å². The molecule has 1 aromatic heterocycles. The van der Waals surface area contributed by atoms with E-state index in [1.807, 2.05) is 18.2 Å². The van der Waals surface area contributed by atoms with E-state index in [1.54, 1.807) is 18.3 Å². The molecule has 4 nitrogen and oxygen atoms in total. The van der Waals surface area contributed by atoms with Crippen molar-refractivity contribution in [1.82, 2.24) is 4.98 Å². The first-order chi connectivity index (χ1) is 9.81. The van der Waals surface area contributed by atoms with Gasteiger partial charge in [-0.15, -0.1) is 0 Å². The number of anilines is 1. The molecule has 104 valence electrons. The Bertz CT molecular complexity index is 555. The molecule has 1 aromatic carbocycles. The Hall–Kier alpha value is -2.36. The summed E-state index contributed by atoms with van der Waals surface area (Å²) in [6.45, 7) is 0.760. The van der Waals surface area contributed by atoms with Crippen molar-refractivity contribution < 1.29 is 9.53 Å². The van der Waals surface area contributed by atoms with E-state index in [4.69, 9.17) is 4.74 Å². The summed E-state index contributed by atoms with van der Waals surface area (Å²) in [5.74, 6) is 0.205. The van der Waals surface area contributed by atoms with Crippen LogP contribution in [-0.4, -0.2) is 24.6 Å². The number of hydrogen-bond donors (Lipinski definition) is 1. The predicted molar refractivity (Wildman–Crippen MR) is 78.8 cm³/mol. The Balaban J connectivity index is 1.87. The molecule has 0 spiro atoms. The van der Waals surface area contributed by atoms with Crippen LogP contribution >= 0.6 is 0 Å². The van der Waals surface area contributed by atoms with Gasteiger partial charge in [-0.2, -0.15) is 0 Å². The van der Waals surface area contributed by atoms with Crippen molar-refractivity contribution in [3.63, 3.8) is 0 Å². The van der Waals surface area contributed by atoms with Crippen LogP contribution in [0.2, 0.25) is 0 Å². The lowest BCUT2D eigenvalue weighted by atomic mass is 10.1. The molecule has 0 saturated carbocycles. The number of methoxy groups -OCH3 is 1. The minimum absolute atomic E-state index is 0.372. The molecule has 0 unspecified atom stereocenters. The van der Waals surface area contributed by atoms with Crippen molar-refractivity contribution in [2.24, 2.45) is 0 Å². The van der Waals surface area contributed by atoms with Crippen molar-refractivity contribution >= 4 is 11.8 Å². The summed E-state index contributed by atoms with van der Waals surface area (Å²) in [5.41, 5.74) is 1.78. The molecule has 0 aliphatic rings. The highest BCUT2D eigenvalue weighted by atomic mass is 16.5. The number of pyridine rings is 1. The molecule has 0 aliphatic heterocycles. The third-order valence-electron chi connectivity index (χ3n) is 2.99. The second-order valence-electron chi connectivity index (χ2n) is 4.41. The molecule has 0 aliphatic carbocycles. The van der Waals surface area contributed by atoms with Gasteiger partial charge < -0.3 is 10.1 Å². The van der Waals surface area contributed by atoms with Gasteiger partial charge in [0.05, 0.1) is 7.11 Å². The lowest BCUT2D eigenvalue weighted by Crippen LogP contribution is -2.11. The molecule has 0 radical (unpaired) electrons. The second kappa shape index (κ2) is 7.28. The summed E-state index contributed by atoms with van der Waals surface area (Å²) < 4.78 is 4.73. The van der Waals surface area contributed by atoms with Crippen LogP contribution in [0, 0.1) is 0 Å². The molecule has 20 heavy (non-hydrogen) atoms. The summed E-state index contributed by atoms with van der Waals surface area (Å²) >= 11 is 0. The van der Waals surface area contributed by atoms with E-state index in [0.29, 0.717) is 11.4 Å². The summed E-state index contributed by atoms with van der Waals surface area (Å²) in [4.78, 5) is 15.8. The average Bonchev–Trinajstić information content (AvgIpc) is 2.52. The van der Waals surface area contributed by atoms with Gasteiger partial charge in [-0.1, -0.05) is 30.3 Å². The summed E-state index contributed by atoms with van der Waals surface area (Å²) in [6, 6.07) is 13.7. The van der Waals surface area contributed by atoms with Crippen molar-refractivity contribution in [3.05, 3.63) is 59.8 Å². The minimum atomic E-state index is -0.372. The first-order valence-electron chi connectivity index (χ1n) is 6.62. The average molecular weight is 270 g/mol. The SMILES string of the molecule is COC(=O)c1cccnc1NCCCc1ccccc1. The van der Waals surface area contributed by atoms with Crippen LogP contribution in [0.5, 0.6) is 0 Å². The minimum Gasteiger partial charge on any atom is -0.465 e. The van der Waals surface area contributed by atoms with Gasteiger partial charge in [0.2, 0.25) is 0 Å². The van der Waals surface area contributed by atoms with Crippen LogP contribution in [0.25, 0.3) is 0 Å². The van der Waals surface area contributed by atoms with Crippen molar-refractivity contribution in [2.75, 3.05) is 19.0 Å². The Morgan fingerprint density at radius 3 is 2.75 bits per heavy atom. The van der Waals surface area contributed by atoms with Crippen LogP contribution in [0.4, 0.5) is 5.82 Å². The summed E-state index contributed by atoms with van der Waals surface area (Å²) in [7, 11) is 1.37. The maximum absolute atomic E-state index is 11.6. The molecule has 0 saturated heterocycles. The first kappa shape index (κ1) is 14.1. The molecule has 1 N–H and O–H groups in total. The van der Waals surface area contributed by atoms with E-state index in [2.05, 4.69) is 22.4 Å². The van der Waals surface area contributed by atoms with E-state index < -0.39 is 0 Å². The number of aromatic nitrogens is 1. The van der Waals surface area contributed by atoms with E-state index in [-0.39, 0.29) is 5.97 Å². The highest BCUT2D eigenvalue weighted by molar-refractivity contribution is 5.94. The third-order valence-corrected chi connectivity index (χ3v) is 2.99. The topological polar surface area (TPSA) is 51.2 Å². The van der Waals surface area contributed by atoms with Crippen molar-refractivity contribution in [2.45, 2.75) is 12.8 Å². The predicted octanol–water partition coefficient (Wildman–Crippen LogP) is 2.91. The first-order valence-corrected chi connectivity index (χ1v) is 6.62. The van der Waals surface area contributed by atoms with Gasteiger partial charge in [0.15, 0.2) is 0 Å². The smallest absolute Gasteiger partial charge is 0.341 e. The standard InChI is InChI=1S/C16H18N2O2/c1-20-16(19)14-10-6-12-18-15(14)17-11-5-9-13-7-3-2-4-8-13/h2-4,6-8,10,12H,5,9,11H2,1H3,(H,17,18). The van der Waals surface area contributed by atoms with Crippen molar-refractivity contribution in [1.29, 1.82) is 0 Å². The molecule has 0 amide bonds.